The molecule has 4 nitrogen and oxygen atoms in total. The number of carbonyl (C=O) groups excluding carboxylic acids is 2. The first kappa shape index (κ1) is 22.1. The molecule has 3 rings (SSSR count). The average molecular weight is 425 g/mol. The van der Waals surface area contributed by atoms with Gasteiger partial charge in [0.2, 0.25) is 11.8 Å². The number of hydrogen-bond donors (Lipinski definition) is 0. The first-order chi connectivity index (χ1) is 14.4. The third-order valence-electron chi connectivity index (χ3n) is 5.83. The van der Waals surface area contributed by atoms with Gasteiger partial charge >= 0.3 is 0 Å². The number of nitrogens with zero attached hydrogens (tertiary/aromatic N) is 2. The quantitative estimate of drug-likeness (QED) is 0.631. The Labute approximate surface area is 184 Å². The van der Waals surface area contributed by atoms with E-state index in [0.717, 1.165) is 22.6 Å². The lowest BCUT2D eigenvalue weighted by atomic mass is 9.94. The van der Waals surface area contributed by atoms with Crippen LogP contribution in [-0.2, 0) is 16.0 Å². The van der Waals surface area contributed by atoms with Crippen molar-refractivity contribution >= 4 is 29.5 Å². The minimum atomic E-state index is -0.0233. The number of amides is 2. The van der Waals surface area contributed by atoms with Crippen molar-refractivity contribution in [1.82, 2.24) is 9.80 Å². The molecule has 0 N–H and O–H groups in total. The maximum Gasteiger partial charge on any atom is 0.246 e. The molecule has 0 saturated carbocycles. The van der Waals surface area contributed by atoms with Crippen molar-refractivity contribution in [3.63, 3.8) is 0 Å². The van der Waals surface area contributed by atoms with Gasteiger partial charge in [-0.2, -0.15) is 0 Å². The van der Waals surface area contributed by atoms with E-state index < -0.39 is 0 Å². The Morgan fingerprint density at radius 1 is 1.10 bits per heavy atom. The molecule has 1 unspecified atom stereocenters. The number of halogens is 1. The van der Waals surface area contributed by atoms with Crippen molar-refractivity contribution in [3.8, 4) is 0 Å². The second-order valence-electron chi connectivity index (χ2n) is 7.97. The van der Waals surface area contributed by atoms with E-state index in [1.54, 1.807) is 6.08 Å². The van der Waals surface area contributed by atoms with Gasteiger partial charge in [-0.1, -0.05) is 54.1 Å². The van der Waals surface area contributed by atoms with Gasteiger partial charge < -0.3 is 9.80 Å². The lowest BCUT2D eigenvalue weighted by molar-refractivity contribution is -0.139. The second kappa shape index (κ2) is 10.4. The zero-order chi connectivity index (χ0) is 21.5. The third-order valence-corrected chi connectivity index (χ3v) is 6.08. The van der Waals surface area contributed by atoms with Crippen molar-refractivity contribution in [2.45, 2.75) is 32.2 Å². The predicted molar refractivity (Wildman–Crippen MR) is 122 cm³/mol. The Morgan fingerprint density at radius 3 is 2.37 bits per heavy atom. The van der Waals surface area contributed by atoms with Gasteiger partial charge in [-0.05, 0) is 55.5 Å². The highest BCUT2D eigenvalue weighted by molar-refractivity contribution is 6.30. The lowest BCUT2D eigenvalue weighted by Crippen LogP contribution is -2.45. The number of carbonyl (C=O) groups is 2. The van der Waals surface area contributed by atoms with Gasteiger partial charge in [-0.15, -0.1) is 0 Å². The molecule has 1 atom stereocenters. The van der Waals surface area contributed by atoms with Crippen LogP contribution in [0, 0.1) is 5.92 Å². The molecule has 1 saturated heterocycles. The van der Waals surface area contributed by atoms with Crippen LogP contribution in [0.2, 0.25) is 5.02 Å². The van der Waals surface area contributed by atoms with Gasteiger partial charge in [-0.3, -0.25) is 9.59 Å². The molecule has 5 heteroatoms. The number of likely N-dealkylation sites (N-methyl/N-ethyl adjacent to an activating group) is 1. The molecule has 2 aromatic rings. The summed E-state index contributed by atoms with van der Waals surface area (Å²) >= 11 is 5.95. The van der Waals surface area contributed by atoms with Crippen molar-refractivity contribution in [1.29, 1.82) is 0 Å². The Balaban J connectivity index is 1.48. The first-order valence-electron chi connectivity index (χ1n) is 10.5. The smallest absolute Gasteiger partial charge is 0.246 e. The van der Waals surface area contributed by atoms with Crippen molar-refractivity contribution in [2.75, 3.05) is 20.1 Å². The van der Waals surface area contributed by atoms with E-state index in [4.69, 9.17) is 11.6 Å². The number of likely N-dealkylation sites (tertiary alicyclic amines) is 1. The molecule has 2 amide bonds. The summed E-state index contributed by atoms with van der Waals surface area (Å²) in [7, 11) is 1.88. The van der Waals surface area contributed by atoms with Crippen molar-refractivity contribution in [3.05, 3.63) is 76.8 Å². The third kappa shape index (κ3) is 5.96. The maximum atomic E-state index is 13.0. The standard InChI is InChI=1S/C25H29ClN2O2/c1-19(18-21-8-11-23(26)12-9-21)27(2)25(30)22-14-16-28(17-15-22)24(29)13-10-20-6-4-3-5-7-20/h3-13,19,22H,14-18H2,1-2H3. The molecule has 1 aliphatic rings. The van der Waals surface area contributed by atoms with E-state index >= 15 is 0 Å². The lowest BCUT2D eigenvalue weighted by Gasteiger charge is -2.34. The molecular weight excluding hydrogens is 396 g/mol. The topological polar surface area (TPSA) is 40.6 Å². The monoisotopic (exact) mass is 424 g/mol. The summed E-state index contributed by atoms with van der Waals surface area (Å²) in [5.74, 6) is 0.155. The highest BCUT2D eigenvalue weighted by Crippen LogP contribution is 2.22. The van der Waals surface area contributed by atoms with Gasteiger partial charge in [0, 0.05) is 43.2 Å². The van der Waals surface area contributed by atoms with E-state index in [9.17, 15) is 9.59 Å². The van der Waals surface area contributed by atoms with Crippen LogP contribution in [0.5, 0.6) is 0 Å². The Kier molecular flexibility index (Phi) is 7.69. The highest BCUT2D eigenvalue weighted by atomic mass is 35.5. The summed E-state index contributed by atoms with van der Waals surface area (Å²) in [5, 5.41) is 0.718. The van der Waals surface area contributed by atoms with Crippen LogP contribution in [0.3, 0.4) is 0 Å². The van der Waals surface area contributed by atoms with Crippen LogP contribution < -0.4 is 0 Å². The largest absolute Gasteiger partial charge is 0.342 e. The van der Waals surface area contributed by atoms with Crippen LogP contribution in [0.15, 0.2) is 60.7 Å². The second-order valence-corrected chi connectivity index (χ2v) is 8.41. The Hall–Kier alpha value is -2.59. The zero-order valence-electron chi connectivity index (χ0n) is 17.6. The normalized spacial score (nSPS) is 15.9. The minimum Gasteiger partial charge on any atom is -0.342 e. The number of hydrogen-bond acceptors (Lipinski definition) is 2. The molecule has 0 radical (unpaired) electrons. The fourth-order valence-electron chi connectivity index (χ4n) is 3.79. The summed E-state index contributed by atoms with van der Waals surface area (Å²) in [6.45, 7) is 3.31. The van der Waals surface area contributed by atoms with Crippen LogP contribution >= 0.6 is 11.6 Å². The van der Waals surface area contributed by atoms with E-state index in [1.807, 2.05) is 77.5 Å². The number of rotatable bonds is 6. The average Bonchev–Trinajstić information content (AvgIpc) is 2.78. The molecule has 158 valence electrons. The molecule has 1 aliphatic heterocycles. The van der Waals surface area contributed by atoms with E-state index in [0.29, 0.717) is 25.9 Å². The van der Waals surface area contributed by atoms with Gasteiger partial charge in [0.05, 0.1) is 0 Å². The van der Waals surface area contributed by atoms with Crippen molar-refractivity contribution < 1.29 is 9.59 Å². The van der Waals surface area contributed by atoms with Crippen LogP contribution in [0.4, 0.5) is 0 Å². The SMILES string of the molecule is CC(Cc1ccc(Cl)cc1)N(C)C(=O)C1CCN(C(=O)C=Cc2ccccc2)CC1. The number of piperidine rings is 1. The molecule has 0 spiro atoms. The fraction of sp³-hybridized carbons (Fsp3) is 0.360. The Bertz CT molecular complexity index is 872. The van der Waals surface area contributed by atoms with Gasteiger partial charge in [0.15, 0.2) is 0 Å². The van der Waals surface area contributed by atoms with Gasteiger partial charge in [0.25, 0.3) is 0 Å². The molecule has 0 aliphatic carbocycles. The summed E-state index contributed by atoms with van der Waals surface area (Å²) in [5.41, 5.74) is 2.17. The summed E-state index contributed by atoms with van der Waals surface area (Å²) in [6.07, 6.45) is 5.67. The van der Waals surface area contributed by atoms with Gasteiger partial charge in [0.1, 0.15) is 0 Å². The molecule has 1 heterocycles. The maximum absolute atomic E-state index is 13.0. The van der Waals surface area contributed by atoms with E-state index in [1.165, 1.54) is 0 Å². The minimum absolute atomic E-state index is 0.00853. The van der Waals surface area contributed by atoms with Gasteiger partial charge in [-0.25, -0.2) is 0 Å². The molecule has 0 aromatic heterocycles. The van der Waals surface area contributed by atoms with Crippen molar-refractivity contribution in [2.24, 2.45) is 5.92 Å². The van der Waals surface area contributed by atoms with E-state index in [-0.39, 0.29) is 23.8 Å². The summed E-state index contributed by atoms with van der Waals surface area (Å²) in [4.78, 5) is 29.1. The van der Waals surface area contributed by atoms with Crippen LogP contribution in [0.25, 0.3) is 6.08 Å². The fourth-order valence-corrected chi connectivity index (χ4v) is 3.91. The summed E-state index contributed by atoms with van der Waals surface area (Å²) in [6, 6.07) is 17.7. The molecular formula is C25H29ClN2O2. The molecule has 30 heavy (non-hydrogen) atoms. The van der Waals surface area contributed by atoms with Crippen LogP contribution in [0.1, 0.15) is 30.9 Å². The number of benzene rings is 2. The molecule has 2 aromatic carbocycles. The molecule has 0 bridgehead atoms. The highest BCUT2D eigenvalue weighted by Gasteiger charge is 2.30. The molecule has 1 fully saturated rings. The summed E-state index contributed by atoms with van der Waals surface area (Å²) < 4.78 is 0. The first-order valence-corrected chi connectivity index (χ1v) is 10.8. The predicted octanol–water partition coefficient (Wildman–Crippen LogP) is 4.68. The van der Waals surface area contributed by atoms with Crippen LogP contribution in [-0.4, -0.2) is 47.8 Å². The zero-order valence-corrected chi connectivity index (χ0v) is 18.4. The Morgan fingerprint density at radius 2 is 1.73 bits per heavy atom. The van der Waals surface area contributed by atoms with E-state index in [2.05, 4.69) is 6.92 Å².